The molecule has 8 heteroatoms. The lowest BCUT2D eigenvalue weighted by molar-refractivity contribution is -0.384. The van der Waals surface area contributed by atoms with Crippen molar-refractivity contribution in [3.8, 4) is 5.75 Å². The molecule has 130 valence electrons. The first-order valence-electron chi connectivity index (χ1n) is 7.61. The third kappa shape index (κ3) is 4.10. The Kier molecular flexibility index (Phi) is 4.90. The smallest absolute Gasteiger partial charge is 0.410 e. The fraction of sp³-hybridized carbons (Fsp3) is 0.235. The van der Waals surface area contributed by atoms with Crippen molar-refractivity contribution in [1.82, 2.24) is 4.90 Å². The standard InChI is InChI=1S/C17H15FN2O5/c18-13-3-1-2-12(10-13)16-11-19(8-9-24-16)17(21)25-15-6-4-14(5-7-15)20(22)23/h1-7,10,16H,8-9,11H2/t16-/m1/s1. The van der Waals surface area contributed by atoms with Crippen LogP contribution in [0, 0.1) is 15.9 Å². The van der Waals surface area contributed by atoms with Gasteiger partial charge in [0.1, 0.15) is 17.7 Å². The second-order valence-electron chi connectivity index (χ2n) is 5.48. The molecule has 0 saturated carbocycles. The first-order chi connectivity index (χ1) is 12.0. The Balaban J connectivity index is 1.64. The molecule has 1 fully saturated rings. The Bertz CT molecular complexity index is 781. The number of carbonyl (C=O) groups is 1. The van der Waals surface area contributed by atoms with Crippen molar-refractivity contribution in [2.45, 2.75) is 6.10 Å². The van der Waals surface area contributed by atoms with Crippen LogP contribution in [0.25, 0.3) is 0 Å². The number of rotatable bonds is 3. The van der Waals surface area contributed by atoms with E-state index in [1.54, 1.807) is 12.1 Å². The highest BCUT2D eigenvalue weighted by atomic mass is 19.1. The van der Waals surface area contributed by atoms with Gasteiger partial charge in [0.2, 0.25) is 0 Å². The molecule has 0 aliphatic carbocycles. The minimum Gasteiger partial charge on any atom is -0.410 e. The summed E-state index contributed by atoms with van der Waals surface area (Å²) in [4.78, 5) is 23.8. The predicted molar refractivity (Wildman–Crippen MR) is 85.8 cm³/mol. The molecule has 1 aliphatic heterocycles. The number of non-ortho nitro benzene ring substituents is 1. The Hall–Kier alpha value is -3.00. The minimum absolute atomic E-state index is 0.0858. The molecule has 3 rings (SSSR count). The largest absolute Gasteiger partial charge is 0.415 e. The van der Waals surface area contributed by atoms with E-state index in [4.69, 9.17) is 9.47 Å². The van der Waals surface area contributed by atoms with E-state index >= 15 is 0 Å². The molecular weight excluding hydrogens is 331 g/mol. The van der Waals surface area contributed by atoms with Crippen LogP contribution >= 0.6 is 0 Å². The van der Waals surface area contributed by atoms with Crippen LogP contribution in [0.2, 0.25) is 0 Å². The molecule has 2 aromatic rings. The third-order valence-corrected chi connectivity index (χ3v) is 3.80. The highest BCUT2D eigenvalue weighted by Crippen LogP contribution is 2.24. The summed E-state index contributed by atoms with van der Waals surface area (Å²) in [5, 5.41) is 10.6. The van der Waals surface area contributed by atoms with E-state index in [2.05, 4.69) is 0 Å². The fourth-order valence-electron chi connectivity index (χ4n) is 2.52. The summed E-state index contributed by atoms with van der Waals surface area (Å²) in [6.45, 7) is 0.878. The highest BCUT2D eigenvalue weighted by Gasteiger charge is 2.27. The van der Waals surface area contributed by atoms with Gasteiger partial charge in [0.15, 0.2) is 0 Å². The molecule has 0 radical (unpaired) electrons. The van der Waals surface area contributed by atoms with E-state index in [-0.39, 0.29) is 23.8 Å². The average molecular weight is 346 g/mol. The van der Waals surface area contributed by atoms with Crippen LogP contribution in [0.4, 0.5) is 14.9 Å². The summed E-state index contributed by atoms with van der Waals surface area (Å²) in [7, 11) is 0. The van der Waals surface area contributed by atoms with Crippen LogP contribution in [0.15, 0.2) is 48.5 Å². The number of benzene rings is 2. The zero-order valence-corrected chi connectivity index (χ0v) is 13.1. The van der Waals surface area contributed by atoms with Crippen LogP contribution in [0.3, 0.4) is 0 Å². The normalized spacial score (nSPS) is 17.2. The van der Waals surface area contributed by atoms with Crippen molar-refractivity contribution < 1.29 is 23.6 Å². The number of amides is 1. The molecular formula is C17H15FN2O5. The highest BCUT2D eigenvalue weighted by molar-refractivity contribution is 5.71. The zero-order valence-electron chi connectivity index (χ0n) is 13.1. The lowest BCUT2D eigenvalue weighted by Gasteiger charge is -2.32. The molecule has 1 atom stereocenters. The second kappa shape index (κ2) is 7.27. The van der Waals surface area contributed by atoms with Crippen molar-refractivity contribution in [2.24, 2.45) is 0 Å². The zero-order chi connectivity index (χ0) is 17.8. The summed E-state index contributed by atoms with van der Waals surface area (Å²) in [6.07, 6.45) is -1.02. The molecule has 25 heavy (non-hydrogen) atoms. The van der Waals surface area contributed by atoms with E-state index in [9.17, 15) is 19.3 Å². The molecule has 0 spiro atoms. The number of nitro groups is 1. The van der Waals surface area contributed by atoms with Crippen molar-refractivity contribution >= 4 is 11.8 Å². The van der Waals surface area contributed by atoms with Gasteiger partial charge in [-0.05, 0) is 29.8 Å². The van der Waals surface area contributed by atoms with Gasteiger partial charge in [-0.2, -0.15) is 0 Å². The van der Waals surface area contributed by atoms with Crippen molar-refractivity contribution in [2.75, 3.05) is 19.7 Å². The van der Waals surface area contributed by atoms with Gasteiger partial charge < -0.3 is 14.4 Å². The van der Waals surface area contributed by atoms with Crippen molar-refractivity contribution in [3.63, 3.8) is 0 Å². The summed E-state index contributed by atoms with van der Waals surface area (Å²) in [5.41, 5.74) is 0.560. The Morgan fingerprint density at radius 1 is 1.28 bits per heavy atom. The number of nitro benzene ring substituents is 1. The van der Waals surface area contributed by atoms with E-state index in [0.717, 1.165) is 0 Å². The molecule has 1 saturated heterocycles. The number of hydrogen-bond acceptors (Lipinski definition) is 5. The van der Waals surface area contributed by atoms with Crippen molar-refractivity contribution in [1.29, 1.82) is 0 Å². The lowest BCUT2D eigenvalue weighted by atomic mass is 10.1. The monoisotopic (exact) mass is 346 g/mol. The van der Waals surface area contributed by atoms with Gasteiger partial charge >= 0.3 is 6.09 Å². The topological polar surface area (TPSA) is 81.9 Å². The molecule has 0 aromatic heterocycles. The van der Waals surface area contributed by atoms with Crippen LogP contribution in [0.1, 0.15) is 11.7 Å². The van der Waals surface area contributed by atoms with Gasteiger partial charge in [-0.3, -0.25) is 10.1 Å². The first-order valence-corrected chi connectivity index (χ1v) is 7.61. The van der Waals surface area contributed by atoms with Crippen LogP contribution in [-0.2, 0) is 4.74 Å². The summed E-state index contributed by atoms with van der Waals surface area (Å²) >= 11 is 0. The molecule has 2 aromatic carbocycles. The summed E-state index contributed by atoms with van der Waals surface area (Å²) < 4.78 is 24.2. The number of carbonyl (C=O) groups excluding carboxylic acids is 1. The van der Waals surface area contributed by atoms with Crippen molar-refractivity contribution in [3.05, 3.63) is 70.0 Å². The third-order valence-electron chi connectivity index (χ3n) is 3.80. The first kappa shape index (κ1) is 16.8. The Morgan fingerprint density at radius 3 is 2.72 bits per heavy atom. The van der Waals surface area contributed by atoms with Gasteiger partial charge in [0, 0.05) is 18.7 Å². The minimum atomic E-state index is -0.585. The fourth-order valence-corrected chi connectivity index (χ4v) is 2.52. The molecule has 1 aliphatic rings. The molecule has 0 bridgehead atoms. The van der Waals surface area contributed by atoms with E-state index in [1.807, 2.05) is 0 Å². The van der Waals surface area contributed by atoms with E-state index in [0.29, 0.717) is 18.7 Å². The second-order valence-corrected chi connectivity index (χ2v) is 5.48. The molecule has 7 nitrogen and oxygen atoms in total. The molecule has 0 unspecified atom stereocenters. The molecule has 0 N–H and O–H groups in total. The maximum absolute atomic E-state index is 13.3. The predicted octanol–water partition coefficient (Wildman–Crippen LogP) is 3.31. The average Bonchev–Trinajstić information content (AvgIpc) is 2.62. The summed E-state index contributed by atoms with van der Waals surface area (Å²) in [6, 6.07) is 11.3. The number of hydrogen-bond donors (Lipinski definition) is 0. The van der Waals surface area contributed by atoms with Crippen LogP contribution < -0.4 is 4.74 Å². The van der Waals surface area contributed by atoms with Crippen LogP contribution in [0.5, 0.6) is 5.75 Å². The van der Waals surface area contributed by atoms with Gasteiger partial charge in [-0.15, -0.1) is 0 Å². The lowest BCUT2D eigenvalue weighted by Crippen LogP contribution is -2.43. The molecule has 1 amide bonds. The quantitative estimate of drug-likeness (QED) is 0.629. The maximum Gasteiger partial charge on any atom is 0.415 e. The number of halogens is 1. The van der Waals surface area contributed by atoms with Gasteiger partial charge in [-0.25, -0.2) is 9.18 Å². The number of morpholine rings is 1. The van der Waals surface area contributed by atoms with Crippen LogP contribution in [-0.4, -0.2) is 35.6 Å². The van der Waals surface area contributed by atoms with E-state index < -0.39 is 17.1 Å². The Morgan fingerprint density at radius 2 is 2.04 bits per heavy atom. The Labute approximate surface area is 142 Å². The molecule has 1 heterocycles. The van der Waals surface area contributed by atoms with Gasteiger partial charge in [0.25, 0.3) is 5.69 Å². The van der Waals surface area contributed by atoms with E-state index in [1.165, 1.54) is 41.3 Å². The maximum atomic E-state index is 13.3. The summed E-state index contributed by atoms with van der Waals surface area (Å²) in [5.74, 6) is -0.156. The van der Waals surface area contributed by atoms with Gasteiger partial charge in [0.05, 0.1) is 18.1 Å². The van der Waals surface area contributed by atoms with Gasteiger partial charge in [-0.1, -0.05) is 12.1 Å². The SMILES string of the molecule is O=C(Oc1ccc([N+](=O)[O-])cc1)N1CCO[C@@H](c2cccc(F)c2)C1. The number of ether oxygens (including phenoxy) is 2. The number of nitrogens with zero attached hydrogens (tertiary/aromatic N) is 2.